The summed E-state index contributed by atoms with van der Waals surface area (Å²) in [6, 6.07) is 0. The van der Waals surface area contributed by atoms with E-state index in [9.17, 15) is 19.8 Å². The molecule has 0 aromatic rings. The molecule has 0 saturated carbocycles. The average molecular weight is 361 g/mol. The summed E-state index contributed by atoms with van der Waals surface area (Å²) >= 11 is 0. The number of rotatable bonds is 14. The SMILES string of the molecule is CCCCCCCC(CCCCCCC)(C(=O)[O-])C(=O)[O-].[K+].[Na+]. The van der Waals surface area contributed by atoms with Crippen molar-refractivity contribution in [2.24, 2.45) is 5.41 Å². The summed E-state index contributed by atoms with van der Waals surface area (Å²) in [4.78, 5) is 22.7. The Morgan fingerprint density at radius 3 is 1.26 bits per heavy atom. The van der Waals surface area contributed by atoms with Gasteiger partial charge in [-0.05, 0) is 12.8 Å². The van der Waals surface area contributed by atoms with E-state index in [-0.39, 0.29) is 93.8 Å². The fourth-order valence-corrected chi connectivity index (χ4v) is 2.68. The van der Waals surface area contributed by atoms with Crippen LogP contribution < -0.4 is 91.2 Å². The van der Waals surface area contributed by atoms with Crippen LogP contribution in [0.1, 0.15) is 90.9 Å². The number of carboxylic acids is 2. The largest absolute Gasteiger partial charge is 1.00 e. The standard InChI is InChI=1S/C17H32O4.K.Na/c1-3-5-7-9-11-13-17(15(18)19,16(20)21)14-12-10-8-6-4-2;;/h3-14H2,1-2H3,(H,18,19)(H,20,21);;/q;2*+1/p-2. The molecule has 0 aliphatic carbocycles. The maximum absolute atomic E-state index is 11.4. The molecule has 23 heavy (non-hydrogen) atoms. The fraction of sp³-hybridized carbons (Fsp3) is 0.882. The van der Waals surface area contributed by atoms with Crippen molar-refractivity contribution in [3.05, 3.63) is 0 Å². The molecule has 0 unspecified atom stereocenters. The molecule has 0 radical (unpaired) electrons. The quantitative estimate of drug-likeness (QED) is 0.181. The molecule has 0 spiro atoms. The van der Waals surface area contributed by atoms with Crippen LogP contribution in [0.2, 0.25) is 0 Å². The van der Waals surface area contributed by atoms with E-state index in [1.807, 2.05) is 0 Å². The molecular weight excluding hydrogens is 330 g/mol. The Balaban J connectivity index is -0.00000200. The van der Waals surface area contributed by atoms with Crippen LogP contribution in [0.3, 0.4) is 0 Å². The summed E-state index contributed by atoms with van der Waals surface area (Å²) in [5.41, 5.74) is -1.79. The zero-order valence-electron chi connectivity index (χ0n) is 15.6. The van der Waals surface area contributed by atoms with Crippen LogP contribution in [-0.4, -0.2) is 11.9 Å². The van der Waals surface area contributed by atoms with Crippen molar-refractivity contribution in [1.82, 2.24) is 0 Å². The van der Waals surface area contributed by atoms with E-state index in [4.69, 9.17) is 0 Å². The Hall–Kier alpha value is 1.58. The molecule has 124 valence electrons. The second-order valence-electron chi connectivity index (χ2n) is 5.99. The number of unbranched alkanes of at least 4 members (excludes halogenated alkanes) is 8. The van der Waals surface area contributed by atoms with Crippen LogP contribution >= 0.6 is 0 Å². The zero-order valence-corrected chi connectivity index (χ0v) is 20.7. The second kappa shape index (κ2) is 18.4. The van der Waals surface area contributed by atoms with Crippen molar-refractivity contribution in [1.29, 1.82) is 0 Å². The van der Waals surface area contributed by atoms with E-state index in [0.717, 1.165) is 51.4 Å². The van der Waals surface area contributed by atoms with Gasteiger partial charge < -0.3 is 19.8 Å². The average Bonchev–Trinajstić information content (AvgIpc) is 2.44. The minimum atomic E-state index is -1.79. The van der Waals surface area contributed by atoms with Gasteiger partial charge in [0.2, 0.25) is 0 Å². The Morgan fingerprint density at radius 2 is 1.00 bits per heavy atom. The third-order valence-corrected chi connectivity index (χ3v) is 4.20. The molecule has 0 aromatic carbocycles. The summed E-state index contributed by atoms with van der Waals surface area (Å²) < 4.78 is 0. The van der Waals surface area contributed by atoms with E-state index in [1.54, 1.807) is 0 Å². The summed E-state index contributed by atoms with van der Waals surface area (Å²) in [7, 11) is 0. The van der Waals surface area contributed by atoms with Crippen molar-refractivity contribution < 1.29 is 101 Å². The number of carbonyl (C=O) groups excluding carboxylic acids is 2. The maximum atomic E-state index is 11.4. The van der Waals surface area contributed by atoms with Crippen molar-refractivity contribution in [3.8, 4) is 0 Å². The number of aliphatic carboxylic acids is 2. The first-order chi connectivity index (χ1) is 10.0. The second-order valence-corrected chi connectivity index (χ2v) is 5.99. The molecule has 0 saturated heterocycles. The first-order valence-electron chi connectivity index (χ1n) is 8.44. The van der Waals surface area contributed by atoms with E-state index in [0.29, 0.717) is 12.8 Å². The smallest absolute Gasteiger partial charge is 0.549 e. The topological polar surface area (TPSA) is 80.3 Å². The molecule has 0 aromatic heterocycles. The zero-order chi connectivity index (χ0) is 16.1. The van der Waals surface area contributed by atoms with Gasteiger partial charge in [-0.3, -0.25) is 0 Å². The Kier molecular flexibility index (Phi) is 23.4. The van der Waals surface area contributed by atoms with Crippen molar-refractivity contribution in [2.45, 2.75) is 90.9 Å². The van der Waals surface area contributed by atoms with Gasteiger partial charge >= 0.3 is 80.9 Å². The first-order valence-corrected chi connectivity index (χ1v) is 8.44. The third kappa shape index (κ3) is 12.5. The van der Waals surface area contributed by atoms with Gasteiger partial charge in [0.15, 0.2) is 0 Å². The van der Waals surface area contributed by atoms with Gasteiger partial charge in [-0.25, -0.2) is 0 Å². The Morgan fingerprint density at radius 1 is 0.696 bits per heavy atom. The monoisotopic (exact) mass is 360 g/mol. The van der Waals surface area contributed by atoms with Gasteiger partial charge in [0, 0.05) is 5.41 Å². The predicted molar refractivity (Wildman–Crippen MR) is 79.2 cm³/mol. The van der Waals surface area contributed by atoms with E-state index in [2.05, 4.69) is 13.8 Å². The van der Waals surface area contributed by atoms with Crippen LogP contribution in [0.15, 0.2) is 0 Å². The van der Waals surface area contributed by atoms with Crippen LogP contribution in [-0.2, 0) is 9.59 Å². The van der Waals surface area contributed by atoms with Crippen molar-refractivity contribution in [2.75, 3.05) is 0 Å². The molecule has 0 N–H and O–H groups in total. The fourth-order valence-electron chi connectivity index (χ4n) is 2.68. The third-order valence-electron chi connectivity index (χ3n) is 4.20. The summed E-state index contributed by atoms with van der Waals surface area (Å²) in [6.45, 7) is 4.20. The van der Waals surface area contributed by atoms with Crippen LogP contribution in [0, 0.1) is 5.41 Å². The molecule has 0 fully saturated rings. The summed E-state index contributed by atoms with van der Waals surface area (Å²) in [5.74, 6) is -2.96. The molecule has 0 atom stereocenters. The maximum Gasteiger partial charge on any atom is 1.00 e. The minimum absolute atomic E-state index is 0. The van der Waals surface area contributed by atoms with Gasteiger partial charge in [0.05, 0.1) is 11.9 Å². The summed E-state index contributed by atoms with van der Waals surface area (Å²) in [5, 5.41) is 22.7. The molecule has 0 aliphatic heterocycles. The number of hydrogen-bond donors (Lipinski definition) is 0. The molecule has 0 heterocycles. The molecule has 0 amide bonds. The molecular formula is C17H30KNaO4. The first kappa shape index (κ1) is 29.3. The normalized spacial score (nSPS) is 10.5. The van der Waals surface area contributed by atoms with E-state index >= 15 is 0 Å². The van der Waals surface area contributed by atoms with Gasteiger partial charge in [0.1, 0.15) is 0 Å². The van der Waals surface area contributed by atoms with Crippen molar-refractivity contribution >= 4 is 11.9 Å². The molecule has 0 bridgehead atoms. The number of carboxylic acid groups (broad SMARTS) is 2. The van der Waals surface area contributed by atoms with E-state index in [1.165, 1.54) is 0 Å². The van der Waals surface area contributed by atoms with Gasteiger partial charge in [-0.15, -0.1) is 0 Å². The van der Waals surface area contributed by atoms with E-state index < -0.39 is 17.4 Å². The number of carbonyl (C=O) groups is 2. The minimum Gasteiger partial charge on any atom is -0.549 e. The molecule has 0 rings (SSSR count). The van der Waals surface area contributed by atoms with Crippen molar-refractivity contribution in [3.63, 3.8) is 0 Å². The molecule has 4 nitrogen and oxygen atoms in total. The van der Waals surface area contributed by atoms with Crippen LogP contribution in [0.25, 0.3) is 0 Å². The Labute approximate surface area is 206 Å². The van der Waals surface area contributed by atoms with Gasteiger partial charge in [-0.1, -0.05) is 78.1 Å². The molecule has 6 heteroatoms. The van der Waals surface area contributed by atoms with Gasteiger partial charge in [-0.2, -0.15) is 0 Å². The van der Waals surface area contributed by atoms with Crippen LogP contribution in [0.4, 0.5) is 0 Å². The van der Waals surface area contributed by atoms with Gasteiger partial charge in [0.25, 0.3) is 0 Å². The Bertz CT molecular complexity index is 281. The summed E-state index contributed by atoms with van der Waals surface area (Å²) in [6.07, 6.45) is 9.65. The predicted octanol–water partition coefficient (Wildman–Crippen LogP) is -3.80. The number of hydrogen-bond acceptors (Lipinski definition) is 4. The molecule has 0 aliphatic rings. The van der Waals surface area contributed by atoms with Crippen LogP contribution in [0.5, 0.6) is 0 Å².